The maximum Gasteiger partial charge on any atom is 0.200 e. The Balaban J connectivity index is 2.02. The molecule has 0 fully saturated rings. The van der Waals surface area contributed by atoms with Crippen LogP contribution in [0.25, 0.3) is 5.69 Å². The monoisotopic (exact) mass is 432 g/mol. The molecule has 30 heavy (non-hydrogen) atoms. The van der Waals surface area contributed by atoms with E-state index in [0.29, 0.717) is 5.69 Å². The topological polar surface area (TPSA) is 17.8 Å². The van der Waals surface area contributed by atoms with E-state index in [1.165, 1.54) is 6.20 Å². The number of imidazole rings is 1. The fraction of sp³-hybridized carbons (Fsp3) is 0.0455. The Morgan fingerprint density at radius 1 is 0.667 bits per heavy atom. The summed E-state index contributed by atoms with van der Waals surface area (Å²) in [4.78, 5) is 4.42. The minimum atomic E-state index is -2.19. The Hall–Kier alpha value is -3.05. The first-order valence-electron chi connectivity index (χ1n) is 8.88. The van der Waals surface area contributed by atoms with Crippen LogP contribution in [0.15, 0.2) is 66.9 Å². The zero-order valence-electron chi connectivity index (χ0n) is 15.6. The van der Waals surface area contributed by atoms with Gasteiger partial charge in [-0.2, -0.15) is 0 Å². The Bertz CT molecular complexity index is 1140. The summed E-state index contributed by atoms with van der Waals surface area (Å²) < 4.78 is 71.5. The molecule has 0 spiro atoms. The van der Waals surface area contributed by atoms with Gasteiger partial charge in [-0.15, -0.1) is 0 Å². The summed E-state index contributed by atoms with van der Waals surface area (Å²) in [7, 11) is -1.44. The van der Waals surface area contributed by atoms with Crippen molar-refractivity contribution in [1.82, 2.24) is 9.55 Å². The number of halogens is 5. The fourth-order valence-electron chi connectivity index (χ4n) is 3.15. The largest absolute Gasteiger partial charge is 0.294 e. The van der Waals surface area contributed by atoms with E-state index in [0.717, 1.165) is 15.2 Å². The highest BCUT2D eigenvalue weighted by atomic mass is 31.1. The molecule has 152 valence electrons. The molecule has 0 bridgehead atoms. The van der Waals surface area contributed by atoms with Crippen molar-refractivity contribution in [3.8, 4) is 5.69 Å². The van der Waals surface area contributed by atoms with Gasteiger partial charge in [0.25, 0.3) is 0 Å². The van der Waals surface area contributed by atoms with Crippen LogP contribution < -0.4 is 16.2 Å². The summed E-state index contributed by atoms with van der Waals surface area (Å²) in [5.41, 5.74) is -0.460. The van der Waals surface area contributed by atoms with E-state index >= 15 is 0 Å². The Morgan fingerprint density at radius 3 is 1.57 bits per heavy atom. The van der Waals surface area contributed by atoms with Gasteiger partial charge in [-0.3, -0.25) is 4.57 Å². The first-order valence-corrected chi connectivity index (χ1v) is 10.2. The maximum absolute atomic E-state index is 14.6. The van der Waals surface area contributed by atoms with Gasteiger partial charge in [-0.1, -0.05) is 60.7 Å². The second-order valence-electron chi connectivity index (χ2n) is 6.48. The summed E-state index contributed by atoms with van der Waals surface area (Å²) in [6, 6.07) is 18.2. The molecule has 0 amide bonds. The lowest BCUT2D eigenvalue weighted by molar-refractivity contribution is 0.376. The fourth-order valence-corrected chi connectivity index (χ4v) is 5.48. The molecule has 0 N–H and O–H groups in total. The first kappa shape index (κ1) is 20.2. The smallest absolute Gasteiger partial charge is 0.200 e. The van der Waals surface area contributed by atoms with Crippen molar-refractivity contribution in [3.05, 3.63) is 102 Å². The molecular weight excluding hydrogens is 418 g/mol. The quantitative estimate of drug-likeness (QED) is 0.199. The van der Waals surface area contributed by atoms with Crippen LogP contribution in [0, 0.1) is 36.0 Å². The van der Waals surface area contributed by atoms with Gasteiger partial charge < -0.3 is 0 Å². The van der Waals surface area contributed by atoms with Crippen LogP contribution in [-0.2, 0) is 0 Å². The summed E-state index contributed by atoms with van der Waals surface area (Å²) in [6.45, 7) is 1.59. The Labute approximate surface area is 170 Å². The highest BCUT2D eigenvalue weighted by Gasteiger charge is 2.31. The molecule has 1 heterocycles. The summed E-state index contributed by atoms with van der Waals surface area (Å²) in [6.07, 6.45) is 1.27. The highest BCUT2D eigenvalue weighted by Crippen LogP contribution is 2.35. The Morgan fingerprint density at radius 2 is 1.10 bits per heavy atom. The lowest BCUT2D eigenvalue weighted by Gasteiger charge is -2.20. The normalized spacial score (nSPS) is 11.3. The van der Waals surface area contributed by atoms with Crippen LogP contribution in [0.3, 0.4) is 0 Å². The molecule has 0 saturated carbocycles. The molecule has 0 aliphatic heterocycles. The predicted octanol–water partition coefficient (Wildman–Crippen LogP) is 4.63. The SMILES string of the molecule is Cc1cn(-c2c(F)c(F)c(F)c(F)c2F)c(P(c2ccccc2)c2ccccc2)n1. The second-order valence-corrected chi connectivity index (χ2v) is 8.58. The molecule has 3 aromatic carbocycles. The van der Waals surface area contributed by atoms with Gasteiger partial charge in [0.2, 0.25) is 5.82 Å². The molecule has 8 heteroatoms. The molecule has 0 unspecified atom stereocenters. The number of nitrogens with zero attached hydrogens (tertiary/aromatic N) is 2. The molecule has 0 aliphatic rings. The molecule has 0 radical (unpaired) electrons. The molecule has 0 saturated heterocycles. The molecule has 4 rings (SSSR count). The van der Waals surface area contributed by atoms with Crippen molar-refractivity contribution in [2.45, 2.75) is 6.92 Å². The number of aromatic nitrogens is 2. The zero-order chi connectivity index (χ0) is 21.4. The number of rotatable bonds is 4. The van der Waals surface area contributed by atoms with E-state index in [9.17, 15) is 22.0 Å². The third-order valence-electron chi connectivity index (χ3n) is 4.46. The first-order chi connectivity index (χ1) is 14.4. The van der Waals surface area contributed by atoms with Crippen molar-refractivity contribution < 1.29 is 22.0 Å². The van der Waals surface area contributed by atoms with Crippen LogP contribution >= 0.6 is 7.92 Å². The number of hydrogen-bond donors (Lipinski definition) is 0. The minimum Gasteiger partial charge on any atom is -0.294 e. The lowest BCUT2D eigenvalue weighted by atomic mass is 10.2. The average molecular weight is 432 g/mol. The summed E-state index contributed by atoms with van der Waals surface area (Å²) >= 11 is 0. The molecular formula is C22H14F5N2P. The van der Waals surface area contributed by atoms with Crippen LogP contribution in [0.4, 0.5) is 22.0 Å². The van der Waals surface area contributed by atoms with Crippen molar-refractivity contribution in [3.63, 3.8) is 0 Å². The van der Waals surface area contributed by atoms with Crippen LogP contribution in [-0.4, -0.2) is 9.55 Å². The van der Waals surface area contributed by atoms with E-state index in [1.54, 1.807) is 6.92 Å². The average Bonchev–Trinajstić information content (AvgIpc) is 3.13. The van der Waals surface area contributed by atoms with E-state index in [4.69, 9.17) is 0 Å². The van der Waals surface area contributed by atoms with Gasteiger partial charge in [0.15, 0.2) is 23.3 Å². The van der Waals surface area contributed by atoms with Crippen molar-refractivity contribution in [2.24, 2.45) is 0 Å². The number of aryl methyl sites for hydroxylation is 1. The van der Waals surface area contributed by atoms with Crippen LogP contribution in [0.2, 0.25) is 0 Å². The summed E-state index contributed by atoms with van der Waals surface area (Å²) in [5, 5.41) is 1.63. The van der Waals surface area contributed by atoms with Gasteiger partial charge in [-0.25, -0.2) is 26.9 Å². The summed E-state index contributed by atoms with van der Waals surface area (Å²) in [5.74, 6) is -9.99. The second kappa shape index (κ2) is 8.00. The number of hydrogen-bond acceptors (Lipinski definition) is 1. The third-order valence-corrected chi connectivity index (χ3v) is 6.81. The van der Waals surface area contributed by atoms with Gasteiger partial charge in [-0.05, 0) is 17.5 Å². The van der Waals surface area contributed by atoms with Crippen molar-refractivity contribution in [1.29, 1.82) is 0 Å². The molecule has 2 nitrogen and oxygen atoms in total. The van der Waals surface area contributed by atoms with E-state index in [2.05, 4.69) is 4.98 Å². The van der Waals surface area contributed by atoms with Crippen LogP contribution in [0.1, 0.15) is 5.69 Å². The molecule has 0 atom stereocenters. The Kier molecular flexibility index (Phi) is 5.39. The molecule has 4 aromatic rings. The molecule has 0 aliphatic carbocycles. The van der Waals surface area contributed by atoms with Crippen LogP contribution in [0.5, 0.6) is 0 Å². The maximum atomic E-state index is 14.6. The third kappa shape index (κ3) is 3.39. The predicted molar refractivity (Wildman–Crippen MR) is 107 cm³/mol. The van der Waals surface area contributed by atoms with Crippen molar-refractivity contribution >= 4 is 24.1 Å². The van der Waals surface area contributed by atoms with E-state index in [1.807, 2.05) is 60.7 Å². The van der Waals surface area contributed by atoms with Gasteiger partial charge >= 0.3 is 0 Å². The lowest BCUT2D eigenvalue weighted by Crippen LogP contribution is -2.28. The minimum absolute atomic E-state index is 0.197. The van der Waals surface area contributed by atoms with E-state index < -0.39 is 42.7 Å². The number of benzene rings is 3. The van der Waals surface area contributed by atoms with Crippen molar-refractivity contribution in [2.75, 3.05) is 0 Å². The van der Waals surface area contributed by atoms with Gasteiger partial charge in [0.1, 0.15) is 11.3 Å². The standard InChI is InChI=1S/C22H14F5N2P/c1-13-12-29(21-19(26)17(24)16(23)18(25)20(21)27)22(28-13)30(14-8-4-2-5-9-14)15-10-6-3-7-11-15/h2-12H,1H3. The van der Waals surface area contributed by atoms with Gasteiger partial charge in [0.05, 0.1) is 5.69 Å². The highest BCUT2D eigenvalue weighted by molar-refractivity contribution is 7.79. The molecule has 1 aromatic heterocycles. The van der Waals surface area contributed by atoms with Gasteiger partial charge in [0, 0.05) is 14.1 Å². The van der Waals surface area contributed by atoms with E-state index in [-0.39, 0.29) is 5.57 Å². The zero-order valence-corrected chi connectivity index (χ0v) is 16.5.